The van der Waals surface area contributed by atoms with Crippen molar-refractivity contribution in [1.82, 2.24) is 0 Å². The third kappa shape index (κ3) is 4.26. The molecule has 0 aromatic heterocycles. The maximum absolute atomic E-state index is 4.10. The summed E-state index contributed by atoms with van der Waals surface area (Å²) in [5.74, 6) is 0. The van der Waals surface area contributed by atoms with Crippen molar-refractivity contribution in [2.75, 3.05) is 0 Å². The molecule has 1 heteroatoms. The second-order valence-corrected chi connectivity index (χ2v) is 2.84. The summed E-state index contributed by atoms with van der Waals surface area (Å²) in [6.07, 6.45) is 7.77. The zero-order valence-corrected chi connectivity index (χ0v) is 7.98. The van der Waals surface area contributed by atoms with E-state index < -0.39 is 0 Å². The van der Waals surface area contributed by atoms with Crippen molar-refractivity contribution < 1.29 is 0 Å². The lowest BCUT2D eigenvalue weighted by atomic mass is 10.1. The van der Waals surface area contributed by atoms with Crippen LogP contribution in [0.5, 0.6) is 0 Å². The summed E-state index contributed by atoms with van der Waals surface area (Å²) in [6.45, 7) is 1.97. The standard InChI is InChI=1S/C12H15N/c1-2-10-13-11-6-9-12-7-4-3-5-8-12/h2-5,7-8,10-11H,6,9H2,1H3. The third-order valence-electron chi connectivity index (χ3n) is 1.75. The lowest BCUT2D eigenvalue weighted by molar-refractivity contribution is 1.05. The van der Waals surface area contributed by atoms with Crippen molar-refractivity contribution in [3.05, 3.63) is 48.2 Å². The van der Waals surface area contributed by atoms with E-state index in [9.17, 15) is 0 Å². The first-order chi connectivity index (χ1) is 6.43. The van der Waals surface area contributed by atoms with Crippen LogP contribution in [0, 0.1) is 0 Å². The maximum Gasteiger partial charge on any atom is 0.0221 e. The van der Waals surface area contributed by atoms with Gasteiger partial charge in [0.1, 0.15) is 0 Å². The third-order valence-corrected chi connectivity index (χ3v) is 1.75. The molecule has 0 N–H and O–H groups in total. The number of hydrogen-bond acceptors (Lipinski definition) is 1. The van der Waals surface area contributed by atoms with E-state index in [1.165, 1.54) is 5.56 Å². The number of allylic oxidation sites excluding steroid dienone is 1. The van der Waals surface area contributed by atoms with E-state index in [0.29, 0.717) is 0 Å². The van der Waals surface area contributed by atoms with Crippen LogP contribution in [0.1, 0.15) is 18.9 Å². The lowest BCUT2D eigenvalue weighted by Gasteiger charge is -1.94. The molecule has 1 nitrogen and oxygen atoms in total. The Kier molecular flexibility index (Phi) is 4.62. The molecule has 0 fully saturated rings. The van der Waals surface area contributed by atoms with Crippen LogP contribution in [0.3, 0.4) is 0 Å². The first kappa shape index (κ1) is 9.72. The summed E-state index contributed by atoms with van der Waals surface area (Å²) in [7, 11) is 0. The molecule has 68 valence electrons. The van der Waals surface area contributed by atoms with Crippen LogP contribution < -0.4 is 0 Å². The Hall–Kier alpha value is -1.37. The van der Waals surface area contributed by atoms with Gasteiger partial charge in [-0.25, -0.2) is 0 Å². The van der Waals surface area contributed by atoms with Crippen LogP contribution in [0.4, 0.5) is 0 Å². The van der Waals surface area contributed by atoms with Gasteiger partial charge in [-0.1, -0.05) is 36.4 Å². The van der Waals surface area contributed by atoms with Gasteiger partial charge in [0.2, 0.25) is 0 Å². The van der Waals surface area contributed by atoms with Gasteiger partial charge < -0.3 is 0 Å². The highest BCUT2D eigenvalue weighted by atomic mass is 14.7. The minimum Gasteiger partial charge on any atom is -0.269 e. The lowest BCUT2D eigenvalue weighted by Crippen LogP contribution is -1.84. The topological polar surface area (TPSA) is 12.4 Å². The summed E-state index contributed by atoms with van der Waals surface area (Å²) in [6, 6.07) is 10.5. The second-order valence-electron chi connectivity index (χ2n) is 2.84. The molecule has 0 heterocycles. The van der Waals surface area contributed by atoms with Gasteiger partial charge in [0.25, 0.3) is 0 Å². The smallest absolute Gasteiger partial charge is 0.0221 e. The monoisotopic (exact) mass is 173 g/mol. The quantitative estimate of drug-likeness (QED) is 0.620. The predicted molar refractivity (Wildman–Crippen MR) is 58.1 cm³/mol. The molecule has 0 atom stereocenters. The molecular weight excluding hydrogens is 158 g/mol. The minimum absolute atomic E-state index is 1.01. The van der Waals surface area contributed by atoms with E-state index in [1.54, 1.807) is 0 Å². The Bertz CT molecular complexity index is 272. The molecule has 0 aliphatic heterocycles. The number of benzene rings is 1. The van der Waals surface area contributed by atoms with E-state index in [-0.39, 0.29) is 0 Å². The first-order valence-electron chi connectivity index (χ1n) is 4.60. The fraction of sp³-hybridized carbons (Fsp3) is 0.250. The Labute approximate surface area is 79.8 Å². The molecule has 0 saturated carbocycles. The van der Waals surface area contributed by atoms with E-state index in [2.05, 4.69) is 29.3 Å². The molecule has 0 spiro atoms. The van der Waals surface area contributed by atoms with Crippen molar-refractivity contribution in [3.63, 3.8) is 0 Å². The molecule has 1 aromatic carbocycles. The van der Waals surface area contributed by atoms with Crippen LogP contribution >= 0.6 is 0 Å². The molecule has 0 amide bonds. The average Bonchev–Trinajstić information content (AvgIpc) is 2.19. The number of aliphatic imine (C=N–C) groups is 1. The largest absolute Gasteiger partial charge is 0.269 e. The van der Waals surface area contributed by atoms with Crippen molar-refractivity contribution in [1.29, 1.82) is 0 Å². The Morgan fingerprint density at radius 2 is 2.00 bits per heavy atom. The number of nitrogens with zero attached hydrogens (tertiary/aromatic N) is 1. The Morgan fingerprint density at radius 1 is 1.23 bits per heavy atom. The fourth-order valence-electron chi connectivity index (χ4n) is 1.10. The summed E-state index contributed by atoms with van der Waals surface area (Å²) in [5, 5.41) is 0. The van der Waals surface area contributed by atoms with E-state index in [1.807, 2.05) is 31.5 Å². The summed E-state index contributed by atoms with van der Waals surface area (Å²) in [4.78, 5) is 4.10. The Balaban J connectivity index is 2.28. The SMILES string of the molecule is CC=CN=CCCc1ccccc1. The molecule has 13 heavy (non-hydrogen) atoms. The second kappa shape index (κ2) is 6.18. The van der Waals surface area contributed by atoms with Crippen LogP contribution in [-0.2, 0) is 6.42 Å². The molecule has 0 saturated heterocycles. The van der Waals surface area contributed by atoms with E-state index in [0.717, 1.165) is 12.8 Å². The van der Waals surface area contributed by atoms with Crippen molar-refractivity contribution >= 4 is 6.21 Å². The van der Waals surface area contributed by atoms with Gasteiger partial charge in [0, 0.05) is 12.4 Å². The van der Waals surface area contributed by atoms with E-state index >= 15 is 0 Å². The van der Waals surface area contributed by atoms with Crippen LogP contribution in [0.25, 0.3) is 0 Å². The zero-order chi connectivity index (χ0) is 9.36. The van der Waals surface area contributed by atoms with Crippen molar-refractivity contribution in [2.45, 2.75) is 19.8 Å². The Morgan fingerprint density at radius 3 is 2.69 bits per heavy atom. The molecule has 1 aromatic rings. The van der Waals surface area contributed by atoms with Gasteiger partial charge >= 0.3 is 0 Å². The highest BCUT2D eigenvalue weighted by Gasteiger charge is 1.87. The summed E-state index contributed by atoms with van der Waals surface area (Å²) < 4.78 is 0. The molecular formula is C12H15N. The summed E-state index contributed by atoms with van der Waals surface area (Å²) >= 11 is 0. The van der Waals surface area contributed by atoms with Gasteiger partial charge in [-0.15, -0.1) is 0 Å². The van der Waals surface area contributed by atoms with Crippen molar-refractivity contribution in [2.24, 2.45) is 4.99 Å². The molecule has 0 unspecified atom stereocenters. The van der Waals surface area contributed by atoms with Gasteiger partial charge in [-0.2, -0.15) is 0 Å². The van der Waals surface area contributed by atoms with Gasteiger partial charge in [0.15, 0.2) is 0 Å². The number of rotatable bonds is 4. The normalized spacial score (nSPS) is 11.5. The highest BCUT2D eigenvalue weighted by Crippen LogP contribution is 2.00. The van der Waals surface area contributed by atoms with Gasteiger partial charge in [0.05, 0.1) is 0 Å². The van der Waals surface area contributed by atoms with Gasteiger partial charge in [-0.3, -0.25) is 4.99 Å². The minimum atomic E-state index is 1.01. The first-order valence-corrected chi connectivity index (χ1v) is 4.60. The fourth-order valence-corrected chi connectivity index (χ4v) is 1.10. The van der Waals surface area contributed by atoms with Crippen molar-refractivity contribution in [3.8, 4) is 0 Å². The van der Waals surface area contributed by atoms with Crippen LogP contribution in [-0.4, -0.2) is 6.21 Å². The molecule has 1 rings (SSSR count). The van der Waals surface area contributed by atoms with E-state index in [4.69, 9.17) is 0 Å². The average molecular weight is 173 g/mol. The predicted octanol–water partition coefficient (Wildman–Crippen LogP) is 3.22. The number of aryl methyl sites for hydroxylation is 1. The molecule has 0 bridgehead atoms. The number of hydrogen-bond donors (Lipinski definition) is 0. The van der Waals surface area contributed by atoms with Gasteiger partial charge in [-0.05, 0) is 25.3 Å². The molecule has 0 aliphatic carbocycles. The molecule has 0 radical (unpaired) electrons. The van der Waals surface area contributed by atoms with Crippen LogP contribution in [0.2, 0.25) is 0 Å². The maximum atomic E-state index is 4.10. The zero-order valence-electron chi connectivity index (χ0n) is 7.98. The summed E-state index contributed by atoms with van der Waals surface area (Å²) in [5.41, 5.74) is 1.37. The highest BCUT2D eigenvalue weighted by molar-refractivity contribution is 5.58. The van der Waals surface area contributed by atoms with Crippen LogP contribution in [0.15, 0.2) is 47.6 Å². The molecule has 0 aliphatic rings.